The number of carbonyl (C=O) groups excluding carboxylic acids is 1. The lowest BCUT2D eigenvalue weighted by molar-refractivity contribution is -0.123. The molecular weight excluding hydrogens is 318 g/mol. The Bertz CT molecular complexity index is 749. The van der Waals surface area contributed by atoms with Crippen LogP contribution in [0.3, 0.4) is 0 Å². The first-order chi connectivity index (χ1) is 11.4. The molecule has 0 radical (unpaired) electrons. The third kappa shape index (κ3) is 2.67. The number of ether oxygens (including phenoxy) is 1. The van der Waals surface area contributed by atoms with E-state index in [1.165, 1.54) is 24.1 Å². The number of aliphatic hydroxyl groups is 2. The number of hydrogen-bond acceptors (Lipinski definition) is 9. The summed E-state index contributed by atoms with van der Waals surface area (Å²) in [6.45, 7) is 1.13. The van der Waals surface area contributed by atoms with Crippen LogP contribution in [-0.2, 0) is 9.53 Å². The van der Waals surface area contributed by atoms with Crippen LogP contribution in [-0.4, -0.2) is 66.5 Å². The Kier molecular flexibility index (Phi) is 4.32. The monoisotopic (exact) mass is 337 g/mol. The van der Waals surface area contributed by atoms with Gasteiger partial charge in [-0.2, -0.15) is 0 Å². The number of amides is 1. The number of rotatable bonds is 4. The van der Waals surface area contributed by atoms with Gasteiger partial charge in [-0.15, -0.1) is 0 Å². The maximum atomic E-state index is 11.8. The second-order valence-corrected chi connectivity index (χ2v) is 5.64. The molecule has 1 aliphatic heterocycles. The van der Waals surface area contributed by atoms with Gasteiger partial charge < -0.3 is 31.7 Å². The smallest absolute Gasteiger partial charge is 0.237 e. The normalized spacial score (nSPS) is 28.2. The van der Waals surface area contributed by atoms with E-state index in [1.807, 2.05) is 0 Å². The van der Waals surface area contributed by atoms with Crippen molar-refractivity contribution >= 4 is 22.9 Å². The quantitative estimate of drug-likeness (QED) is 0.403. The summed E-state index contributed by atoms with van der Waals surface area (Å²) in [7, 11) is 0. The van der Waals surface area contributed by atoms with Gasteiger partial charge in [0.05, 0.1) is 25.0 Å². The second-order valence-electron chi connectivity index (χ2n) is 5.64. The molecule has 3 heterocycles. The Morgan fingerprint density at radius 1 is 1.50 bits per heavy atom. The van der Waals surface area contributed by atoms with Crippen molar-refractivity contribution in [2.45, 2.75) is 37.4 Å². The van der Waals surface area contributed by atoms with E-state index in [0.717, 1.165) is 0 Å². The molecular formula is C13H19N7O4. The SMILES string of the molecule is C[C@H](N)C(=O)N[C@H]1[C@H](O)[C@H](n2cnc3c(N)ncnc32)O[C@@H]1CO. The fraction of sp³-hybridized carbons (Fsp3) is 0.538. The Labute approximate surface area is 136 Å². The van der Waals surface area contributed by atoms with Gasteiger partial charge >= 0.3 is 0 Å². The first-order valence-electron chi connectivity index (χ1n) is 7.37. The molecule has 24 heavy (non-hydrogen) atoms. The van der Waals surface area contributed by atoms with Crippen LogP contribution >= 0.6 is 0 Å². The van der Waals surface area contributed by atoms with Gasteiger partial charge in [-0.25, -0.2) is 15.0 Å². The van der Waals surface area contributed by atoms with Crippen molar-refractivity contribution in [1.82, 2.24) is 24.8 Å². The average molecular weight is 337 g/mol. The molecule has 0 spiro atoms. The summed E-state index contributed by atoms with van der Waals surface area (Å²) in [5, 5.41) is 22.6. The van der Waals surface area contributed by atoms with Crippen LogP contribution in [0.5, 0.6) is 0 Å². The summed E-state index contributed by atoms with van der Waals surface area (Å²) in [6.07, 6.45) is -0.160. The van der Waals surface area contributed by atoms with Crippen molar-refractivity contribution in [3.63, 3.8) is 0 Å². The lowest BCUT2D eigenvalue weighted by Gasteiger charge is -2.21. The number of nitrogens with one attached hydrogen (secondary N) is 1. The lowest BCUT2D eigenvalue weighted by Crippen LogP contribution is -2.52. The van der Waals surface area contributed by atoms with E-state index in [4.69, 9.17) is 16.2 Å². The van der Waals surface area contributed by atoms with Crippen molar-refractivity contribution in [1.29, 1.82) is 0 Å². The van der Waals surface area contributed by atoms with E-state index in [-0.39, 0.29) is 12.4 Å². The van der Waals surface area contributed by atoms with Crippen LogP contribution in [0, 0.1) is 0 Å². The van der Waals surface area contributed by atoms with Crippen LogP contribution in [0.25, 0.3) is 11.2 Å². The van der Waals surface area contributed by atoms with E-state index in [2.05, 4.69) is 20.3 Å². The van der Waals surface area contributed by atoms with Gasteiger partial charge in [0.2, 0.25) is 5.91 Å². The molecule has 7 N–H and O–H groups in total. The molecule has 1 amide bonds. The van der Waals surface area contributed by atoms with Gasteiger partial charge in [0.1, 0.15) is 24.1 Å². The number of fused-ring (bicyclic) bond motifs is 1. The fourth-order valence-corrected chi connectivity index (χ4v) is 2.66. The number of hydrogen-bond donors (Lipinski definition) is 5. The number of nitrogens with zero attached hydrogens (tertiary/aromatic N) is 4. The van der Waals surface area contributed by atoms with Crippen molar-refractivity contribution in [2.75, 3.05) is 12.3 Å². The zero-order valence-electron chi connectivity index (χ0n) is 12.9. The zero-order chi connectivity index (χ0) is 17.4. The van der Waals surface area contributed by atoms with Gasteiger partial charge in [0, 0.05) is 0 Å². The standard InChI is InChI=1S/C13H19N7O4/c1-5(14)12(23)19-7-6(2-21)24-13(9(7)22)20-4-18-8-10(15)16-3-17-11(8)20/h3-7,9,13,21-22H,2,14H2,1H3,(H,19,23)(H2,15,16,17)/t5-,6+,7+,9-,13+/m0/s1. The summed E-state index contributed by atoms with van der Waals surface area (Å²) in [5.74, 6) is -0.254. The molecule has 5 atom stereocenters. The van der Waals surface area contributed by atoms with Gasteiger partial charge in [-0.05, 0) is 6.92 Å². The summed E-state index contributed by atoms with van der Waals surface area (Å²) < 4.78 is 7.16. The van der Waals surface area contributed by atoms with Crippen molar-refractivity contribution in [3.05, 3.63) is 12.7 Å². The largest absolute Gasteiger partial charge is 0.394 e. The molecule has 0 aliphatic carbocycles. The molecule has 1 aliphatic rings. The highest BCUT2D eigenvalue weighted by Gasteiger charge is 2.45. The Balaban J connectivity index is 1.91. The summed E-state index contributed by atoms with van der Waals surface area (Å²) in [5.41, 5.74) is 12.0. The lowest BCUT2D eigenvalue weighted by atomic mass is 10.1. The minimum atomic E-state index is -1.14. The number of nitrogens with two attached hydrogens (primary N) is 2. The van der Waals surface area contributed by atoms with Crippen molar-refractivity contribution in [3.8, 4) is 0 Å². The third-order valence-corrected chi connectivity index (χ3v) is 3.94. The summed E-state index contributed by atoms with van der Waals surface area (Å²) in [4.78, 5) is 23.9. The van der Waals surface area contributed by atoms with Gasteiger partial charge in [-0.3, -0.25) is 9.36 Å². The zero-order valence-corrected chi connectivity index (χ0v) is 12.9. The molecule has 0 aromatic carbocycles. The number of aromatic nitrogens is 4. The highest BCUT2D eigenvalue weighted by atomic mass is 16.5. The average Bonchev–Trinajstić information content (AvgIpc) is 3.10. The first-order valence-corrected chi connectivity index (χ1v) is 7.37. The van der Waals surface area contributed by atoms with E-state index in [1.54, 1.807) is 0 Å². The molecule has 11 heteroatoms. The molecule has 2 aromatic heterocycles. The Hall–Kier alpha value is -2.34. The molecule has 130 valence electrons. The number of imidazole rings is 1. The predicted octanol–water partition coefficient (Wildman–Crippen LogP) is -2.51. The Morgan fingerprint density at radius 2 is 2.25 bits per heavy atom. The van der Waals surface area contributed by atoms with Gasteiger partial charge in [0.25, 0.3) is 0 Å². The molecule has 3 rings (SSSR count). The molecule has 11 nitrogen and oxygen atoms in total. The van der Waals surface area contributed by atoms with Crippen LogP contribution in [0.15, 0.2) is 12.7 Å². The molecule has 0 unspecified atom stereocenters. The predicted molar refractivity (Wildman–Crippen MR) is 82.3 cm³/mol. The summed E-state index contributed by atoms with van der Waals surface area (Å²) in [6, 6.07) is -1.58. The maximum Gasteiger partial charge on any atom is 0.237 e. The number of aliphatic hydroxyl groups excluding tert-OH is 2. The fourth-order valence-electron chi connectivity index (χ4n) is 2.66. The highest BCUT2D eigenvalue weighted by molar-refractivity contribution is 5.82. The number of nitrogen functional groups attached to an aromatic ring is 1. The summed E-state index contributed by atoms with van der Waals surface area (Å²) >= 11 is 0. The topological polar surface area (TPSA) is 174 Å². The van der Waals surface area contributed by atoms with Crippen LogP contribution < -0.4 is 16.8 Å². The highest BCUT2D eigenvalue weighted by Crippen LogP contribution is 2.31. The Morgan fingerprint density at radius 3 is 2.92 bits per heavy atom. The maximum absolute atomic E-state index is 11.8. The van der Waals surface area contributed by atoms with E-state index in [0.29, 0.717) is 11.2 Å². The third-order valence-electron chi connectivity index (χ3n) is 3.94. The van der Waals surface area contributed by atoms with Crippen LogP contribution in [0.1, 0.15) is 13.2 Å². The van der Waals surface area contributed by atoms with E-state index >= 15 is 0 Å². The second kappa shape index (κ2) is 6.28. The van der Waals surface area contributed by atoms with E-state index in [9.17, 15) is 15.0 Å². The minimum Gasteiger partial charge on any atom is -0.394 e. The number of anilines is 1. The van der Waals surface area contributed by atoms with Gasteiger partial charge in [0.15, 0.2) is 17.7 Å². The van der Waals surface area contributed by atoms with Crippen LogP contribution in [0.4, 0.5) is 5.82 Å². The first kappa shape index (κ1) is 16.5. The van der Waals surface area contributed by atoms with Gasteiger partial charge in [-0.1, -0.05) is 0 Å². The molecule has 1 fully saturated rings. The van der Waals surface area contributed by atoms with Crippen LogP contribution in [0.2, 0.25) is 0 Å². The number of carbonyl (C=O) groups is 1. The minimum absolute atomic E-state index is 0.201. The molecule has 0 saturated carbocycles. The van der Waals surface area contributed by atoms with Crippen molar-refractivity contribution in [2.24, 2.45) is 5.73 Å². The molecule has 0 bridgehead atoms. The molecule has 2 aromatic rings. The van der Waals surface area contributed by atoms with Crippen molar-refractivity contribution < 1.29 is 19.7 Å². The molecule has 1 saturated heterocycles. The van der Waals surface area contributed by atoms with E-state index < -0.39 is 36.4 Å².